The lowest BCUT2D eigenvalue weighted by Crippen LogP contribution is -2.30. The van der Waals surface area contributed by atoms with Crippen LogP contribution in [0.15, 0.2) is 46.1 Å². The molecule has 1 atom stereocenters. The molecule has 0 radical (unpaired) electrons. The van der Waals surface area contributed by atoms with E-state index in [1.54, 1.807) is 0 Å². The number of fused-ring (bicyclic) bond motifs is 1. The molecule has 2 aromatic heterocycles. The second-order valence-electron chi connectivity index (χ2n) is 7.31. The van der Waals surface area contributed by atoms with Crippen LogP contribution in [0.1, 0.15) is 47.8 Å². The standard InChI is InChI=1S/C20H19F3N4O3/c1-10(2)6-15(11-4-3-5-13(7-11)20(21,22)23)25-17(28)12-8-14-16(24-9-12)26-19(30)27-18(14)29/h3-5,7-10,15H,6H2,1-2H3,(H,25,28)(H2,24,26,27,29,30). The number of benzene rings is 1. The summed E-state index contributed by atoms with van der Waals surface area (Å²) in [6.45, 7) is 3.78. The fourth-order valence-electron chi connectivity index (χ4n) is 3.09. The van der Waals surface area contributed by atoms with E-state index < -0.39 is 34.9 Å². The number of aromatic amines is 2. The van der Waals surface area contributed by atoms with Gasteiger partial charge < -0.3 is 5.32 Å². The van der Waals surface area contributed by atoms with Gasteiger partial charge in [-0.2, -0.15) is 13.2 Å². The maximum atomic E-state index is 13.1. The molecule has 0 fully saturated rings. The van der Waals surface area contributed by atoms with Crippen molar-refractivity contribution < 1.29 is 18.0 Å². The Morgan fingerprint density at radius 3 is 2.57 bits per heavy atom. The molecule has 0 aliphatic carbocycles. The highest BCUT2D eigenvalue weighted by molar-refractivity contribution is 5.96. The van der Waals surface area contributed by atoms with Crippen LogP contribution in [0.25, 0.3) is 11.0 Å². The molecule has 0 saturated carbocycles. The Kier molecular flexibility index (Phi) is 5.77. The van der Waals surface area contributed by atoms with E-state index in [0.29, 0.717) is 12.0 Å². The highest BCUT2D eigenvalue weighted by Crippen LogP contribution is 2.32. The Morgan fingerprint density at radius 1 is 1.17 bits per heavy atom. The molecule has 0 spiro atoms. The largest absolute Gasteiger partial charge is 0.416 e. The fourth-order valence-corrected chi connectivity index (χ4v) is 3.09. The Morgan fingerprint density at radius 2 is 1.90 bits per heavy atom. The zero-order valence-corrected chi connectivity index (χ0v) is 16.1. The van der Waals surface area contributed by atoms with Gasteiger partial charge in [-0.15, -0.1) is 0 Å². The normalized spacial score (nSPS) is 12.9. The number of alkyl halides is 3. The Labute approximate surface area is 168 Å². The van der Waals surface area contributed by atoms with Crippen molar-refractivity contribution in [2.24, 2.45) is 5.92 Å². The Bertz CT molecular complexity index is 1200. The Hall–Kier alpha value is -3.43. The summed E-state index contributed by atoms with van der Waals surface area (Å²) in [6.07, 6.45) is -2.91. The molecule has 2 heterocycles. The highest BCUT2D eigenvalue weighted by Gasteiger charge is 2.31. The molecule has 0 aliphatic rings. The summed E-state index contributed by atoms with van der Waals surface area (Å²) in [4.78, 5) is 44.3. The molecule has 3 N–H and O–H groups in total. The van der Waals surface area contributed by atoms with Gasteiger partial charge in [0.1, 0.15) is 5.65 Å². The molecule has 0 bridgehead atoms. The van der Waals surface area contributed by atoms with Crippen molar-refractivity contribution in [1.82, 2.24) is 20.3 Å². The summed E-state index contributed by atoms with van der Waals surface area (Å²) in [5.41, 5.74) is -1.84. The van der Waals surface area contributed by atoms with E-state index >= 15 is 0 Å². The second kappa shape index (κ2) is 8.13. The predicted octanol–water partition coefficient (Wildman–Crippen LogP) is 3.15. The van der Waals surface area contributed by atoms with Crippen molar-refractivity contribution in [3.8, 4) is 0 Å². The van der Waals surface area contributed by atoms with Gasteiger partial charge in [-0.1, -0.05) is 26.0 Å². The predicted molar refractivity (Wildman–Crippen MR) is 104 cm³/mol. The van der Waals surface area contributed by atoms with E-state index in [-0.39, 0.29) is 22.5 Å². The SMILES string of the molecule is CC(C)CC(NC(=O)c1cnc2[nH]c(=O)[nH]c(=O)c2c1)c1cccc(C(F)(F)F)c1. The van der Waals surface area contributed by atoms with Crippen LogP contribution in [-0.4, -0.2) is 20.9 Å². The minimum absolute atomic E-state index is 0.0155. The number of aromatic nitrogens is 3. The molecule has 1 aromatic carbocycles. The van der Waals surface area contributed by atoms with Crippen molar-refractivity contribution in [3.63, 3.8) is 0 Å². The number of H-pyrrole nitrogens is 2. The number of rotatable bonds is 5. The average Bonchev–Trinajstić information content (AvgIpc) is 2.66. The first-order valence-electron chi connectivity index (χ1n) is 9.15. The third-order valence-electron chi connectivity index (χ3n) is 4.48. The van der Waals surface area contributed by atoms with Crippen molar-refractivity contribution in [3.05, 3.63) is 74.1 Å². The minimum atomic E-state index is -4.50. The van der Waals surface area contributed by atoms with Crippen molar-refractivity contribution >= 4 is 16.9 Å². The van der Waals surface area contributed by atoms with Crippen LogP contribution in [0.2, 0.25) is 0 Å². The summed E-state index contributed by atoms with van der Waals surface area (Å²) >= 11 is 0. The highest BCUT2D eigenvalue weighted by atomic mass is 19.4. The number of nitrogens with one attached hydrogen (secondary N) is 3. The van der Waals surface area contributed by atoms with Crippen LogP contribution in [-0.2, 0) is 6.18 Å². The van der Waals surface area contributed by atoms with Crippen LogP contribution in [0.4, 0.5) is 13.2 Å². The van der Waals surface area contributed by atoms with Gasteiger partial charge in [-0.3, -0.25) is 19.6 Å². The van der Waals surface area contributed by atoms with E-state index in [9.17, 15) is 27.6 Å². The zero-order chi connectivity index (χ0) is 22.1. The number of hydrogen-bond acceptors (Lipinski definition) is 4. The molecule has 1 unspecified atom stereocenters. The summed E-state index contributed by atoms with van der Waals surface area (Å²) in [5, 5.41) is 2.74. The van der Waals surface area contributed by atoms with Crippen LogP contribution >= 0.6 is 0 Å². The molecule has 0 saturated heterocycles. The van der Waals surface area contributed by atoms with E-state index in [1.807, 2.05) is 18.8 Å². The first-order chi connectivity index (χ1) is 14.0. The van der Waals surface area contributed by atoms with Gasteiger partial charge in [-0.25, -0.2) is 9.78 Å². The number of pyridine rings is 1. The summed E-state index contributed by atoms with van der Waals surface area (Å²) in [6, 6.07) is 5.40. The number of halogens is 3. The van der Waals surface area contributed by atoms with E-state index in [0.717, 1.165) is 12.1 Å². The molecule has 7 nitrogen and oxygen atoms in total. The number of amides is 1. The molecule has 3 rings (SSSR count). The third kappa shape index (κ3) is 4.76. The maximum absolute atomic E-state index is 13.1. The fraction of sp³-hybridized carbons (Fsp3) is 0.300. The molecule has 3 aromatic rings. The van der Waals surface area contributed by atoms with Gasteiger partial charge in [0.2, 0.25) is 0 Å². The summed E-state index contributed by atoms with van der Waals surface area (Å²) < 4.78 is 39.2. The number of nitrogens with zero attached hydrogens (tertiary/aromatic N) is 1. The van der Waals surface area contributed by atoms with Gasteiger partial charge in [0.15, 0.2) is 0 Å². The van der Waals surface area contributed by atoms with Gasteiger partial charge in [0.25, 0.3) is 11.5 Å². The average molecular weight is 420 g/mol. The van der Waals surface area contributed by atoms with Crippen LogP contribution < -0.4 is 16.6 Å². The van der Waals surface area contributed by atoms with Crippen LogP contribution in [0.3, 0.4) is 0 Å². The summed E-state index contributed by atoms with van der Waals surface area (Å²) in [5.74, 6) is -0.509. The number of carbonyl (C=O) groups is 1. The molecule has 30 heavy (non-hydrogen) atoms. The van der Waals surface area contributed by atoms with Crippen molar-refractivity contribution in [1.29, 1.82) is 0 Å². The van der Waals surface area contributed by atoms with E-state index in [1.165, 1.54) is 24.4 Å². The monoisotopic (exact) mass is 420 g/mol. The minimum Gasteiger partial charge on any atom is -0.345 e. The van der Waals surface area contributed by atoms with E-state index in [4.69, 9.17) is 0 Å². The zero-order valence-electron chi connectivity index (χ0n) is 16.1. The van der Waals surface area contributed by atoms with Gasteiger partial charge in [-0.05, 0) is 36.1 Å². The molecule has 10 heteroatoms. The van der Waals surface area contributed by atoms with Crippen LogP contribution in [0.5, 0.6) is 0 Å². The summed E-state index contributed by atoms with van der Waals surface area (Å²) in [7, 11) is 0. The first kappa shape index (κ1) is 21.3. The number of hydrogen-bond donors (Lipinski definition) is 3. The smallest absolute Gasteiger partial charge is 0.345 e. The molecular formula is C20H19F3N4O3. The molecular weight excluding hydrogens is 401 g/mol. The van der Waals surface area contributed by atoms with Crippen molar-refractivity contribution in [2.45, 2.75) is 32.5 Å². The second-order valence-corrected chi connectivity index (χ2v) is 7.31. The maximum Gasteiger partial charge on any atom is 0.416 e. The van der Waals surface area contributed by atoms with Gasteiger partial charge >= 0.3 is 11.9 Å². The van der Waals surface area contributed by atoms with E-state index in [2.05, 4.69) is 15.3 Å². The lowest BCUT2D eigenvalue weighted by atomic mass is 9.95. The molecule has 0 aliphatic heterocycles. The topological polar surface area (TPSA) is 108 Å². The van der Waals surface area contributed by atoms with Crippen LogP contribution in [0, 0.1) is 5.92 Å². The Balaban J connectivity index is 1.94. The van der Waals surface area contributed by atoms with Gasteiger partial charge in [0, 0.05) is 6.20 Å². The quantitative estimate of drug-likeness (QED) is 0.589. The third-order valence-corrected chi connectivity index (χ3v) is 4.48. The lowest BCUT2D eigenvalue weighted by molar-refractivity contribution is -0.137. The van der Waals surface area contributed by atoms with Crippen molar-refractivity contribution in [2.75, 3.05) is 0 Å². The number of carbonyl (C=O) groups excluding carboxylic acids is 1. The molecule has 158 valence electrons. The van der Waals surface area contributed by atoms with Gasteiger partial charge in [0.05, 0.1) is 22.6 Å². The first-order valence-corrected chi connectivity index (χ1v) is 9.15. The molecule has 1 amide bonds. The lowest BCUT2D eigenvalue weighted by Gasteiger charge is -2.22.